The number of ketones is 1. The Morgan fingerprint density at radius 3 is 2.24 bits per heavy atom. The summed E-state index contributed by atoms with van der Waals surface area (Å²) in [5.41, 5.74) is 2.84. The van der Waals surface area contributed by atoms with Crippen LogP contribution in [0.1, 0.15) is 59.5 Å². The van der Waals surface area contributed by atoms with E-state index in [9.17, 15) is 9.59 Å². The number of Topliss-reactive ketones (excluding diaryl/α,β-unsaturated/α-hetero) is 1. The fourth-order valence-electron chi connectivity index (χ4n) is 3.48. The lowest BCUT2D eigenvalue weighted by atomic mass is 9.87. The largest absolute Gasteiger partial charge is 0.494 e. The first kappa shape index (κ1) is 22.3. The lowest BCUT2D eigenvalue weighted by Gasteiger charge is -2.18. The number of esters is 1. The third kappa shape index (κ3) is 4.98. The molecule has 0 amide bonds. The summed E-state index contributed by atoms with van der Waals surface area (Å²) in [5, 5.41) is 0. The number of carbonyl (C=O) groups excluding carboxylic acids is 2. The molecule has 1 aliphatic rings. The summed E-state index contributed by atoms with van der Waals surface area (Å²) in [6.45, 7) is 8.86. The predicted octanol–water partition coefficient (Wildman–Crippen LogP) is 6.22. The number of allylic oxidation sites excluding steroid dienone is 1. The van der Waals surface area contributed by atoms with E-state index < -0.39 is 5.97 Å². The predicted molar refractivity (Wildman–Crippen MR) is 127 cm³/mol. The molecule has 33 heavy (non-hydrogen) atoms. The first-order valence-electron chi connectivity index (χ1n) is 10.9. The van der Waals surface area contributed by atoms with Crippen molar-refractivity contribution in [1.82, 2.24) is 0 Å². The van der Waals surface area contributed by atoms with Crippen molar-refractivity contribution in [3.05, 3.63) is 94.7 Å². The van der Waals surface area contributed by atoms with Crippen molar-refractivity contribution >= 4 is 17.8 Å². The van der Waals surface area contributed by atoms with Gasteiger partial charge in [-0.15, -0.1) is 0 Å². The lowest BCUT2D eigenvalue weighted by molar-refractivity contribution is 0.0734. The zero-order chi connectivity index (χ0) is 23.6. The van der Waals surface area contributed by atoms with Crippen LogP contribution in [0.15, 0.2) is 72.5 Å². The Bertz CT molecular complexity index is 1210. The van der Waals surface area contributed by atoms with Gasteiger partial charge >= 0.3 is 5.97 Å². The number of hydrogen-bond donors (Lipinski definition) is 0. The quantitative estimate of drug-likeness (QED) is 0.267. The summed E-state index contributed by atoms with van der Waals surface area (Å²) >= 11 is 0. The third-order valence-electron chi connectivity index (χ3n) is 5.33. The highest BCUT2D eigenvalue weighted by molar-refractivity contribution is 6.14. The molecule has 0 spiro atoms. The van der Waals surface area contributed by atoms with Crippen LogP contribution in [0.3, 0.4) is 0 Å². The maximum atomic E-state index is 12.7. The summed E-state index contributed by atoms with van der Waals surface area (Å²) < 4.78 is 16.7. The molecule has 5 nitrogen and oxygen atoms in total. The molecule has 0 unspecified atom stereocenters. The Morgan fingerprint density at radius 2 is 1.61 bits per heavy atom. The molecule has 0 fully saturated rings. The van der Waals surface area contributed by atoms with Crippen molar-refractivity contribution in [2.45, 2.75) is 33.1 Å². The van der Waals surface area contributed by atoms with Crippen molar-refractivity contribution in [3.8, 4) is 17.2 Å². The minimum absolute atomic E-state index is 0.00282. The van der Waals surface area contributed by atoms with Gasteiger partial charge in [-0.2, -0.15) is 0 Å². The van der Waals surface area contributed by atoms with Gasteiger partial charge in [0, 0.05) is 6.07 Å². The van der Waals surface area contributed by atoms with Gasteiger partial charge in [0.1, 0.15) is 17.2 Å². The zero-order valence-corrected chi connectivity index (χ0v) is 19.2. The SMILES string of the molecule is CCOc1ccc(C=C2Oc3cc(OC(=O)c4ccc(C(C)(C)C)cc4)ccc3C2=O)cc1. The second-order valence-electron chi connectivity index (χ2n) is 8.82. The van der Waals surface area contributed by atoms with Crippen molar-refractivity contribution in [3.63, 3.8) is 0 Å². The molecule has 1 aliphatic heterocycles. The third-order valence-corrected chi connectivity index (χ3v) is 5.33. The van der Waals surface area contributed by atoms with Crippen molar-refractivity contribution < 1.29 is 23.8 Å². The van der Waals surface area contributed by atoms with Gasteiger partial charge in [0.25, 0.3) is 0 Å². The number of ether oxygens (including phenoxy) is 3. The molecule has 0 saturated heterocycles. The number of carbonyl (C=O) groups is 2. The molecule has 1 heterocycles. The minimum Gasteiger partial charge on any atom is -0.494 e. The standard InChI is InChI=1S/C28H26O5/c1-5-31-21-12-6-18(7-13-21)16-25-26(29)23-15-14-22(17-24(23)33-25)32-27(30)19-8-10-20(11-9-19)28(2,3)4/h6-17H,5H2,1-4H3. The highest BCUT2D eigenvalue weighted by Crippen LogP contribution is 2.35. The minimum atomic E-state index is -0.468. The topological polar surface area (TPSA) is 61.8 Å². The average molecular weight is 443 g/mol. The van der Waals surface area contributed by atoms with Gasteiger partial charge in [-0.25, -0.2) is 4.79 Å². The average Bonchev–Trinajstić information content (AvgIpc) is 3.09. The van der Waals surface area contributed by atoms with Crippen LogP contribution in [0.4, 0.5) is 0 Å². The number of rotatable bonds is 5. The second kappa shape index (κ2) is 8.94. The van der Waals surface area contributed by atoms with Crippen LogP contribution >= 0.6 is 0 Å². The summed E-state index contributed by atoms with van der Waals surface area (Å²) in [6, 6.07) is 19.5. The van der Waals surface area contributed by atoms with Crippen LogP contribution in [0.25, 0.3) is 6.08 Å². The van der Waals surface area contributed by atoms with Crippen molar-refractivity contribution in [2.75, 3.05) is 6.61 Å². The van der Waals surface area contributed by atoms with Gasteiger partial charge in [0.15, 0.2) is 5.76 Å². The molecule has 0 radical (unpaired) electrons. The highest BCUT2D eigenvalue weighted by Gasteiger charge is 2.28. The van der Waals surface area contributed by atoms with Crippen molar-refractivity contribution in [2.24, 2.45) is 0 Å². The van der Waals surface area contributed by atoms with Crippen LogP contribution < -0.4 is 14.2 Å². The van der Waals surface area contributed by atoms with Gasteiger partial charge in [-0.1, -0.05) is 45.0 Å². The number of benzene rings is 3. The Balaban J connectivity index is 1.48. The maximum absolute atomic E-state index is 12.7. The van der Waals surface area contributed by atoms with Crippen LogP contribution in [-0.2, 0) is 5.41 Å². The van der Waals surface area contributed by atoms with E-state index in [2.05, 4.69) is 20.8 Å². The Hall–Kier alpha value is -3.86. The van der Waals surface area contributed by atoms with Crippen LogP contribution in [-0.4, -0.2) is 18.4 Å². The van der Waals surface area contributed by atoms with Gasteiger partial charge in [-0.05, 0) is 65.9 Å². The van der Waals surface area contributed by atoms with E-state index in [4.69, 9.17) is 14.2 Å². The Kier molecular flexibility index (Phi) is 6.05. The molecule has 3 aromatic rings. The van der Waals surface area contributed by atoms with Gasteiger partial charge in [0.05, 0.1) is 17.7 Å². The second-order valence-corrected chi connectivity index (χ2v) is 8.82. The fraction of sp³-hybridized carbons (Fsp3) is 0.214. The Labute approximate surface area is 193 Å². The highest BCUT2D eigenvalue weighted by atomic mass is 16.5. The summed E-state index contributed by atoms with van der Waals surface area (Å²) in [6.07, 6.45) is 1.68. The number of hydrogen-bond acceptors (Lipinski definition) is 5. The first-order valence-corrected chi connectivity index (χ1v) is 10.9. The van der Waals surface area contributed by atoms with Gasteiger partial charge in [-0.3, -0.25) is 4.79 Å². The molecule has 5 heteroatoms. The fourth-order valence-corrected chi connectivity index (χ4v) is 3.48. The molecular weight excluding hydrogens is 416 g/mol. The summed E-state index contributed by atoms with van der Waals surface area (Å²) in [7, 11) is 0. The molecular formula is C28H26O5. The van der Waals surface area contributed by atoms with Gasteiger partial charge in [0.2, 0.25) is 5.78 Å². The number of fused-ring (bicyclic) bond motifs is 1. The van der Waals surface area contributed by atoms with Crippen LogP contribution in [0, 0.1) is 0 Å². The molecule has 0 saturated carbocycles. The maximum Gasteiger partial charge on any atom is 0.343 e. The van der Waals surface area contributed by atoms with E-state index in [0.29, 0.717) is 29.2 Å². The first-order chi connectivity index (χ1) is 15.7. The van der Waals surface area contributed by atoms with E-state index in [1.807, 2.05) is 43.3 Å². The van der Waals surface area contributed by atoms with E-state index >= 15 is 0 Å². The van der Waals surface area contributed by atoms with E-state index in [0.717, 1.165) is 16.9 Å². The molecule has 168 valence electrons. The molecule has 4 rings (SSSR count). The van der Waals surface area contributed by atoms with Crippen LogP contribution in [0.5, 0.6) is 17.2 Å². The van der Waals surface area contributed by atoms with Crippen LogP contribution in [0.2, 0.25) is 0 Å². The normalized spacial score (nSPS) is 14.1. The molecule has 3 aromatic carbocycles. The Morgan fingerprint density at radius 1 is 0.939 bits per heavy atom. The molecule has 0 aliphatic carbocycles. The van der Waals surface area contributed by atoms with Crippen molar-refractivity contribution in [1.29, 1.82) is 0 Å². The van der Waals surface area contributed by atoms with Gasteiger partial charge < -0.3 is 14.2 Å². The lowest BCUT2D eigenvalue weighted by Crippen LogP contribution is -2.12. The molecule has 0 bridgehead atoms. The zero-order valence-electron chi connectivity index (χ0n) is 19.2. The summed E-state index contributed by atoms with van der Waals surface area (Å²) in [4.78, 5) is 25.3. The van der Waals surface area contributed by atoms with E-state index in [1.165, 1.54) is 0 Å². The molecule has 0 aromatic heterocycles. The van der Waals surface area contributed by atoms with E-state index in [1.54, 1.807) is 36.4 Å². The van der Waals surface area contributed by atoms with E-state index in [-0.39, 0.29) is 17.0 Å². The summed E-state index contributed by atoms with van der Waals surface area (Å²) in [5.74, 6) is 0.982. The monoisotopic (exact) mass is 442 g/mol. The smallest absolute Gasteiger partial charge is 0.343 e. The molecule has 0 N–H and O–H groups in total. The molecule has 0 atom stereocenters.